The third-order valence-corrected chi connectivity index (χ3v) is 6.87. The summed E-state index contributed by atoms with van der Waals surface area (Å²) < 4.78 is 20.7. The Bertz CT molecular complexity index is 1300. The number of fused-ring (bicyclic) bond motifs is 1. The molecule has 3 atom stereocenters. The van der Waals surface area contributed by atoms with Gasteiger partial charge in [-0.05, 0) is 51.2 Å². The van der Waals surface area contributed by atoms with E-state index in [2.05, 4.69) is 25.6 Å². The number of benzene rings is 1. The molecule has 5 rings (SSSR count). The van der Waals surface area contributed by atoms with Gasteiger partial charge in [-0.15, -0.1) is 0 Å². The molecule has 0 radical (unpaired) electrons. The molecule has 2 aromatic heterocycles. The Morgan fingerprint density at radius 3 is 2.75 bits per heavy atom. The van der Waals surface area contributed by atoms with Crippen LogP contribution in [0.15, 0.2) is 24.5 Å². The largest absolute Gasteiger partial charge is 0.493 e. The van der Waals surface area contributed by atoms with Gasteiger partial charge < -0.3 is 25.5 Å². The fourth-order valence-corrected chi connectivity index (χ4v) is 4.82. The van der Waals surface area contributed by atoms with Gasteiger partial charge in [0.1, 0.15) is 36.1 Å². The second kappa shape index (κ2) is 9.85. The SMILES string of the molecule is Cc1ccc(OCC2CC2)c(-c2ncnc3c(C(=O)N[C@@H]4C[C@H](NC(=O)CO)C[C@H]4F)c(C)[nH]c23)c1. The first kappa shape index (κ1) is 24.2. The van der Waals surface area contributed by atoms with Crippen molar-refractivity contribution in [1.29, 1.82) is 0 Å². The molecule has 0 spiro atoms. The highest BCUT2D eigenvalue weighted by atomic mass is 19.1. The summed E-state index contributed by atoms with van der Waals surface area (Å²) in [7, 11) is 0. The number of carbonyl (C=O) groups is 2. The summed E-state index contributed by atoms with van der Waals surface area (Å²) in [5, 5.41) is 14.3. The van der Waals surface area contributed by atoms with Crippen molar-refractivity contribution in [3.63, 3.8) is 0 Å². The Labute approximate surface area is 207 Å². The molecule has 1 aromatic carbocycles. The van der Waals surface area contributed by atoms with Crippen molar-refractivity contribution in [2.45, 2.75) is 57.8 Å². The molecule has 2 amide bonds. The van der Waals surface area contributed by atoms with E-state index in [9.17, 15) is 14.0 Å². The number of aromatic nitrogens is 3. The monoisotopic (exact) mass is 495 g/mol. The number of aliphatic hydroxyl groups excluding tert-OH is 1. The van der Waals surface area contributed by atoms with E-state index in [1.165, 1.54) is 19.2 Å². The number of aliphatic hydroxyl groups is 1. The highest BCUT2D eigenvalue weighted by molar-refractivity contribution is 6.09. The first-order valence-corrected chi connectivity index (χ1v) is 12.3. The molecular formula is C26H30FN5O4. The van der Waals surface area contributed by atoms with Crippen LogP contribution in [0.2, 0.25) is 0 Å². The zero-order valence-corrected chi connectivity index (χ0v) is 20.3. The molecule has 10 heteroatoms. The summed E-state index contributed by atoms with van der Waals surface area (Å²) in [6.45, 7) is 3.77. The zero-order valence-electron chi connectivity index (χ0n) is 20.3. The summed E-state index contributed by atoms with van der Waals surface area (Å²) in [6.07, 6.45) is 2.79. The lowest BCUT2D eigenvalue weighted by molar-refractivity contribution is -0.124. The van der Waals surface area contributed by atoms with Gasteiger partial charge in [-0.2, -0.15) is 0 Å². The van der Waals surface area contributed by atoms with Gasteiger partial charge in [-0.1, -0.05) is 11.6 Å². The molecule has 0 unspecified atom stereocenters. The summed E-state index contributed by atoms with van der Waals surface area (Å²) in [5.74, 6) is 0.319. The lowest BCUT2D eigenvalue weighted by Gasteiger charge is -2.15. The Kier molecular flexibility index (Phi) is 6.61. The van der Waals surface area contributed by atoms with E-state index in [1.807, 2.05) is 25.1 Å². The minimum atomic E-state index is -1.31. The molecular weight excluding hydrogens is 465 g/mol. The van der Waals surface area contributed by atoms with Crippen LogP contribution >= 0.6 is 0 Å². The third kappa shape index (κ3) is 4.90. The first-order chi connectivity index (χ1) is 17.3. The number of alkyl halides is 1. The fourth-order valence-electron chi connectivity index (χ4n) is 4.82. The van der Waals surface area contributed by atoms with Crippen LogP contribution in [0.4, 0.5) is 4.39 Å². The number of nitrogens with zero attached hydrogens (tertiary/aromatic N) is 2. The van der Waals surface area contributed by atoms with Crippen molar-refractivity contribution in [2.75, 3.05) is 13.2 Å². The lowest BCUT2D eigenvalue weighted by atomic mass is 10.1. The highest BCUT2D eigenvalue weighted by Crippen LogP contribution is 2.37. The molecule has 4 N–H and O–H groups in total. The number of carbonyl (C=O) groups excluding carboxylic acids is 2. The number of amides is 2. The molecule has 190 valence electrons. The first-order valence-electron chi connectivity index (χ1n) is 12.3. The van der Waals surface area contributed by atoms with E-state index in [0.717, 1.165) is 16.9 Å². The average Bonchev–Trinajstić information content (AvgIpc) is 3.53. The van der Waals surface area contributed by atoms with Crippen LogP contribution in [0, 0.1) is 19.8 Å². The van der Waals surface area contributed by atoms with E-state index in [4.69, 9.17) is 9.84 Å². The van der Waals surface area contributed by atoms with Gasteiger partial charge in [0, 0.05) is 23.7 Å². The minimum absolute atomic E-state index is 0.0763. The average molecular weight is 496 g/mol. The van der Waals surface area contributed by atoms with Crippen molar-refractivity contribution < 1.29 is 23.8 Å². The van der Waals surface area contributed by atoms with E-state index in [0.29, 0.717) is 40.5 Å². The molecule has 2 heterocycles. The number of hydrogen-bond donors (Lipinski definition) is 4. The molecule has 2 aliphatic carbocycles. The van der Waals surface area contributed by atoms with Gasteiger partial charge in [0.15, 0.2) is 0 Å². The maximum Gasteiger partial charge on any atom is 0.255 e. The van der Waals surface area contributed by atoms with Gasteiger partial charge in [0.05, 0.1) is 23.7 Å². The Morgan fingerprint density at radius 1 is 1.19 bits per heavy atom. The lowest BCUT2D eigenvalue weighted by Crippen LogP contribution is -2.40. The number of ether oxygens (including phenoxy) is 1. The maximum atomic E-state index is 14.6. The van der Waals surface area contributed by atoms with Crippen LogP contribution in [0.5, 0.6) is 5.75 Å². The van der Waals surface area contributed by atoms with Gasteiger partial charge in [-0.25, -0.2) is 14.4 Å². The standard InChI is InChI=1S/C26H30FN5O4/c1-13-3-6-20(36-11-15-4-5-15)17(7-13)23-25-24(29-12-28-23)22(14(2)30-25)26(35)32-19-9-16(8-18(19)27)31-21(34)10-33/h3,6-7,12,15-16,18-19,30,33H,4-5,8-11H2,1-2H3,(H,31,34)(H,32,35)/t16-,18-,19-/m1/s1. The summed E-state index contributed by atoms with van der Waals surface area (Å²) in [5.41, 5.74) is 4.48. The second-order valence-corrected chi connectivity index (χ2v) is 9.81. The van der Waals surface area contributed by atoms with Crippen molar-refractivity contribution in [3.8, 4) is 17.0 Å². The van der Waals surface area contributed by atoms with Gasteiger partial charge >= 0.3 is 0 Å². The number of halogens is 1. The van der Waals surface area contributed by atoms with Gasteiger partial charge in [-0.3, -0.25) is 9.59 Å². The topological polar surface area (TPSA) is 129 Å². The van der Waals surface area contributed by atoms with E-state index in [-0.39, 0.29) is 12.8 Å². The molecule has 0 bridgehead atoms. The van der Waals surface area contributed by atoms with Crippen LogP contribution < -0.4 is 15.4 Å². The molecule has 9 nitrogen and oxygen atoms in total. The van der Waals surface area contributed by atoms with E-state index >= 15 is 0 Å². The molecule has 2 saturated carbocycles. The molecule has 0 aliphatic heterocycles. The van der Waals surface area contributed by atoms with E-state index in [1.54, 1.807) is 6.92 Å². The highest BCUT2D eigenvalue weighted by Gasteiger charge is 2.37. The number of aromatic amines is 1. The fraction of sp³-hybridized carbons (Fsp3) is 0.462. The number of H-pyrrole nitrogens is 1. The molecule has 2 fully saturated rings. The van der Waals surface area contributed by atoms with E-state index < -0.39 is 36.7 Å². The summed E-state index contributed by atoms with van der Waals surface area (Å²) in [4.78, 5) is 36.9. The Morgan fingerprint density at radius 2 is 2.00 bits per heavy atom. The van der Waals surface area contributed by atoms with Crippen LogP contribution in [0.1, 0.15) is 47.3 Å². The second-order valence-electron chi connectivity index (χ2n) is 9.81. The predicted octanol–water partition coefficient (Wildman–Crippen LogP) is 2.74. The smallest absolute Gasteiger partial charge is 0.255 e. The third-order valence-electron chi connectivity index (χ3n) is 6.87. The van der Waals surface area contributed by atoms with Crippen LogP contribution in [0.3, 0.4) is 0 Å². The molecule has 3 aromatic rings. The predicted molar refractivity (Wildman–Crippen MR) is 131 cm³/mol. The molecule has 2 aliphatic rings. The van der Waals surface area contributed by atoms with Gasteiger partial charge in [0.2, 0.25) is 5.91 Å². The van der Waals surface area contributed by atoms with Crippen LogP contribution in [-0.4, -0.2) is 63.3 Å². The normalized spacial score (nSPS) is 21.5. The van der Waals surface area contributed by atoms with Crippen LogP contribution in [-0.2, 0) is 4.79 Å². The zero-order chi connectivity index (χ0) is 25.4. The van der Waals surface area contributed by atoms with Crippen LogP contribution in [0.25, 0.3) is 22.3 Å². The number of nitrogens with one attached hydrogen (secondary N) is 3. The quantitative estimate of drug-likeness (QED) is 0.380. The summed E-state index contributed by atoms with van der Waals surface area (Å²) in [6, 6.07) is 4.74. The minimum Gasteiger partial charge on any atom is -0.493 e. The van der Waals surface area contributed by atoms with Crippen molar-refractivity contribution in [3.05, 3.63) is 41.3 Å². The number of hydrogen-bond acceptors (Lipinski definition) is 6. The van der Waals surface area contributed by atoms with Crippen molar-refractivity contribution in [2.24, 2.45) is 5.92 Å². The van der Waals surface area contributed by atoms with Crippen molar-refractivity contribution in [1.82, 2.24) is 25.6 Å². The maximum absolute atomic E-state index is 14.6. The Hall–Kier alpha value is -3.53. The van der Waals surface area contributed by atoms with Crippen molar-refractivity contribution >= 4 is 22.8 Å². The Balaban J connectivity index is 1.42. The summed E-state index contributed by atoms with van der Waals surface area (Å²) >= 11 is 0. The van der Waals surface area contributed by atoms with Gasteiger partial charge in [0.25, 0.3) is 5.91 Å². The number of rotatable bonds is 8. The number of aryl methyl sites for hydroxylation is 2. The molecule has 0 saturated heterocycles. The molecule has 36 heavy (non-hydrogen) atoms.